The van der Waals surface area contributed by atoms with E-state index in [1.165, 1.54) is 24.0 Å². The van der Waals surface area contributed by atoms with Crippen molar-refractivity contribution in [1.29, 1.82) is 0 Å². The fraction of sp³-hybridized carbons (Fsp3) is 0.156. The normalized spacial score (nSPS) is 11.8. The van der Waals surface area contributed by atoms with Crippen LogP contribution in [0.1, 0.15) is 57.4 Å². The number of furan rings is 1. The molecule has 2 aromatic carbocycles. The van der Waals surface area contributed by atoms with Crippen molar-refractivity contribution in [2.75, 3.05) is 11.9 Å². The minimum atomic E-state index is -3.13. The van der Waals surface area contributed by atoms with Crippen LogP contribution in [-0.4, -0.2) is 38.9 Å². The van der Waals surface area contributed by atoms with Gasteiger partial charge in [-0.25, -0.2) is 4.21 Å². The van der Waals surface area contributed by atoms with Crippen molar-refractivity contribution in [3.63, 3.8) is 0 Å². The fourth-order valence-electron chi connectivity index (χ4n) is 3.75. The minimum absolute atomic E-state index is 0.175. The van der Waals surface area contributed by atoms with Gasteiger partial charge in [-0.3, -0.25) is 24.1 Å². The first-order chi connectivity index (χ1) is 20.8. The zero-order valence-corrected chi connectivity index (χ0v) is 24.4. The Morgan fingerprint density at radius 1 is 0.977 bits per heavy atom. The van der Waals surface area contributed by atoms with E-state index in [1.54, 1.807) is 80.6 Å². The maximum Gasteiger partial charge on any atom is 0.324 e. The number of hydroxylamine groups is 1. The summed E-state index contributed by atoms with van der Waals surface area (Å²) < 4.78 is 21.8. The third-order valence-corrected chi connectivity index (χ3v) is 8.12. The maximum atomic E-state index is 13.9. The molecule has 43 heavy (non-hydrogen) atoms. The molecule has 0 radical (unpaired) electrons. The van der Waals surface area contributed by atoms with Crippen LogP contribution in [0.4, 0.5) is 5.69 Å². The lowest BCUT2D eigenvalue weighted by molar-refractivity contribution is -0.150. The molecule has 2 aromatic heterocycles. The van der Waals surface area contributed by atoms with E-state index in [9.17, 15) is 18.6 Å². The SMILES string of the molecule is CCC(=O)ONCCC=S(=O)(NC(=O)c1cncc(C#Cc2cccc(NC(=O)c3occc3C)c2)c1)c1ccccc1. The predicted molar refractivity (Wildman–Crippen MR) is 163 cm³/mol. The molecule has 0 saturated heterocycles. The second-order valence-electron chi connectivity index (χ2n) is 9.20. The van der Waals surface area contributed by atoms with Gasteiger partial charge >= 0.3 is 5.97 Å². The van der Waals surface area contributed by atoms with Crippen molar-refractivity contribution in [3.05, 3.63) is 113 Å². The number of hydrogen-bond donors (Lipinski definition) is 3. The fourth-order valence-corrected chi connectivity index (χ4v) is 5.55. The molecule has 3 N–H and O–H groups in total. The summed E-state index contributed by atoms with van der Waals surface area (Å²) in [5.74, 6) is 4.86. The van der Waals surface area contributed by atoms with E-state index in [0.717, 1.165) is 5.56 Å². The zero-order valence-electron chi connectivity index (χ0n) is 23.6. The van der Waals surface area contributed by atoms with Crippen LogP contribution in [-0.2, 0) is 19.3 Å². The molecule has 4 aromatic rings. The molecule has 11 heteroatoms. The van der Waals surface area contributed by atoms with Crippen molar-refractivity contribution in [2.45, 2.75) is 31.6 Å². The quantitative estimate of drug-likeness (QED) is 0.106. The number of amides is 2. The monoisotopic (exact) mass is 598 g/mol. The van der Waals surface area contributed by atoms with Gasteiger partial charge in [0.05, 0.1) is 21.5 Å². The van der Waals surface area contributed by atoms with E-state index < -0.39 is 21.6 Å². The van der Waals surface area contributed by atoms with Gasteiger partial charge < -0.3 is 14.6 Å². The molecule has 1 atom stereocenters. The molecule has 220 valence electrons. The van der Waals surface area contributed by atoms with Gasteiger partial charge in [-0.05, 0) is 61.2 Å². The van der Waals surface area contributed by atoms with Gasteiger partial charge in [-0.1, -0.05) is 43.0 Å². The van der Waals surface area contributed by atoms with Gasteiger partial charge in [0.15, 0.2) is 5.76 Å². The van der Waals surface area contributed by atoms with Crippen LogP contribution in [0.3, 0.4) is 0 Å². The van der Waals surface area contributed by atoms with Crippen LogP contribution in [0.25, 0.3) is 0 Å². The first kappa shape index (κ1) is 30.8. The average Bonchev–Trinajstić information content (AvgIpc) is 3.46. The molecule has 0 aliphatic carbocycles. The summed E-state index contributed by atoms with van der Waals surface area (Å²) in [6.07, 6.45) is 4.81. The number of rotatable bonds is 10. The summed E-state index contributed by atoms with van der Waals surface area (Å²) in [4.78, 5) is 46.4. The number of hydrogen-bond acceptors (Lipinski definition) is 8. The summed E-state index contributed by atoms with van der Waals surface area (Å²) >= 11 is 0. The molecule has 0 bridgehead atoms. The molecule has 4 rings (SSSR count). The first-order valence-corrected chi connectivity index (χ1v) is 15.0. The summed E-state index contributed by atoms with van der Waals surface area (Å²) in [5.41, 5.74) is 5.08. The lowest BCUT2D eigenvalue weighted by Crippen LogP contribution is -2.33. The van der Waals surface area contributed by atoms with Gasteiger partial charge in [0.2, 0.25) is 0 Å². The van der Waals surface area contributed by atoms with Crippen molar-refractivity contribution in [3.8, 4) is 11.8 Å². The second kappa shape index (κ2) is 14.6. The molecule has 0 fully saturated rings. The van der Waals surface area contributed by atoms with Crippen LogP contribution in [0.15, 0.2) is 94.7 Å². The van der Waals surface area contributed by atoms with Crippen molar-refractivity contribution >= 4 is 38.5 Å². The molecule has 10 nitrogen and oxygen atoms in total. The number of pyridine rings is 1. The highest BCUT2D eigenvalue weighted by atomic mass is 32.2. The lowest BCUT2D eigenvalue weighted by atomic mass is 10.1. The molecule has 0 aliphatic rings. The molecule has 0 saturated carbocycles. The van der Waals surface area contributed by atoms with Crippen molar-refractivity contribution in [2.24, 2.45) is 0 Å². The number of aryl methyl sites for hydroxylation is 1. The Kier molecular flexibility index (Phi) is 10.5. The highest BCUT2D eigenvalue weighted by molar-refractivity contribution is 8.00. The zero-order chi connectivity index (χ0) is 30.7. The van der Waals surface area contributed by atoms with E-state index in [1.807, 2.05) is 0 Å². The number of nitrogens with zero attached hydrogens (tertiary/aromatic N) is 1. The molecular weight excluding hydrogens is 568 g/mol. The Morgan fingerprint density at radius 2 is 1.77 bits per heavy atom. The third kappa shape index (κ3) is 8.65. The molecule has 0 spiro atoms. The number of benzene rings is 2. The second-order valence-corrected chi connectivity index (χ2v) is 11.4. The summed E-state index contributed by atoms with van der Waals surface area (Å²) in [5, 5.41) is 4.28. The largest absolute Gasteiger partial charge is 0.459 e. The van der Waals surface area contributed by atoms with Crippen LogP contribution in [0, 0.1) is 18.8 Å². The summed E-state index contributed by atoms with van der Waals surface area (Å²) in [7, 11) is -3.13. The van der Waals surface area contributed by atoms with E-state index in [4.69, 9.17) is 9.25 Å². The van der Waals surface area contributed by atoms with E-state index in [2.05, 4.69) is 32.3 Å². The van der Waals surface area contributed by atoms with Gasteiger partial charge in [0.25, 0.3) is 11.8 Å². The van der Waals surface area contributed by atoms with Gasteiger partial charge in [-0.2, -0.15) is 5.48 Å². The number of carbonyl (C=O) groups excluding carboxylic acids is 3. The van der Waals surface area contributed by atoms with Crippen LogP contribution < -0.4 is 15.5 Å². The lowest BCUT2D eigenvalue weighted by Gasteiger charge is -2.14. The Morgan fingerprint density at radius 3 is 2.51 bits per heavy atom. The molecule has 1 unspecified atom stereocenters. The topological polar surface area (TPSA) is 140 Å². The average molecular weight is 599 g/mol. The van der Waals surface area contributed by atoms with Gasteiger partial charge in [0, 0.05) is 52.6 Å². The number of nitrogens with one attached hydrogen (secondary N) is 3. The van der Waals surface area contributed by atoms with Crippen LogP contribution >= 0.6 is 0 Å². The molecular formula is C32H30N4O6S. The van der Waals surface area contributed by atoms with Gasteiger partial charge in [-0.15, -0.1) is 0 Å². The van der Waals surface area contributed by atoms with Crippen LogP contribution in [0.5, 0.6) is 0 Å². The van der Waals surface area contributed by atoms with E-state index in [-0.39, 0.29) is 36.6 Å². The summed E-state index contributed by atoms with van der Waals surface area (Å²) in [6, 6.07) is 18.8. The Balaban J connectivity index is 1.48. The standard InChI is InChI=1S/C32H30N4O6S/c1-3-29(37)42-34-16-8-18-43(40,28-11-5-4-6-12-28)36-31(38)26-19-25(21-33-22-26)14-13-24-9-7-10-27(20-24)35-32(39)30-23(2)15-17-41-30/h4-7,9-12,15,17-22,34H,3,8,16H2,1-2H3,(H,35,39)(H,36,38,40). The smallest absolute Gasteiger partial charge is 0.324 e. The van der Waals surface area contributed by atoms with E-state index >= 15 is 0 Å². The molecule has 0 aliphatic heterocycles. The molecule has 2 heterocycles. The van der Waals surface area contributed by atoms with Gasteiger partial charge in [0.1, 0.15) is 0 Å². The Labute approximate surface area is 250 Å². The van der Waals surface area contributed by atoms with Crippen molar-refractivity contribution in [1.82, 2.24) is 15.2 Å². The third-order valence-electron chi connectivity index (χ3n) is 5.95. The Hall–Kier alpha value is -5.18. The number of aromatic nitrogens is 1. The summed E-state index contributed by atoms with van der Waals surface area (Å²) in [6.45, 7) is 3.67. The minimum Gasteiger partial charge on any atom is -0.459 e. The Bertz CT molecular complexity index is 1800. The van der Waals surface area contributed by atoms with Crippen molar-refractivity contribution < 1.29 is 27.8 Å². The van der Waals surface area contributed by atoms with E-state index in [0.29, 0.717) is 21.7 Å². The maximum absolute atomic E-state index is 13.9. The number of carbonyl (C=O) groups is 3. The van der Waals surface area contributed by atoms with Crippen LogP contribution in [0.2, 0.25) is 0 Å². The highest BCUT2D eigenvalue weighted by Crippen LogP contribution is 2.15. The number of anilines is 1. The molecule has 2 amide bonds. The highest BCUT2D eigenvalue weighted by Gasteiger charge is 2.17. The predicted octanol–water partition coefficient (Wildman–Crippen LogP) is 4.27. The first-order valence-electron chi connectivity index (χ1n) is 13.4.